The predicted octanol–water partition coefficient (Wildman–Crippen LogP) is 2.92. The molecule has 0 heteroatoms. The van der Waals surface area contributed by atoms with Gasteiger partial charge in [0.2, 0.25) is 0 Å². The Morgan fingerprint density at radius 1 is 1.12 bits per heavy atom. The topological polar surface area (TPSA) is 0 Å². The number of allylic oxidation sites excluding steroid dienone is 4. The average molecular weight is 110 g/mol. The van der Waals surface area contributed by atoms with Gasteiger partial charge in [-0.2, -0.15) is 0 Å². The molecule has 0 bridgehead atoms. The molecule has 0 unspecified atom stereocenters. The third-order valence-electron chi connectivity index (χ3n) is 1.21. The maximum atomic E-state index is 2.12. The van der Waals surface area contributed by atoms with E-state index in [0.29, 0.717) is 0 Å². The summed E-state index contributed by atoms with van der Waals surface area (Å²) in [6.45, 7) is 8.40. The van der Waals surface area contributed by atoms with Gasteiger partial charge in [0, 0.05) is 0 Å². The molecule has 0 aliphatic carbocycles. The molecule has 0 aromatic heterocycles. The second kappa shape index (κ2) is 3.48. The molecule has 0 aromatic rings. The molecule has 0 amide bonds. The summed E-state index contributed by atoms with van der Waals surface area (Å²) in [5.41, 5.74) is 2.76. The Bertz CT molecular complexity index is 112. The molecule has 8 heavy (non-hydrogen) atoms. The van der Waals surface area contributed by atoms with E-state index in [1.54, 1.807) is 0 Å². The van der Waals surface area contributed by atoms with E-state index in [-0.39, 0.29) is 0 Å². The van der Waals surface area contributed by atoms with Crippen molar-refractivity contribution in [1.29, 1.82) is 0 Å². The van der Waals surface area contributed by atoms with Crippen molar-refractivity contribution in [2.24, 2.45) is 0 Å². The normalized spacial score (nSPS) is 10.0. The van der Waals surface area contributed by atoms with Crippen LogP contribution in [0.4, 0.5) is 0 Å². The van der Waals surface area contributed by atoms with Crippen LogP contribution in [0, 0.1) is 0 Å². The van der Waals surface area contributed by atoms with E-state index < -0.39 is 0 Å². The highest BCUT2D eigenvalue weighted by molar-refractivity contribution is 5.19. The second-order valence-corrected chi connectivity index (χ2v) is 2.18. The maximum Gasteiger partial charge on any atom is -0.0399 e. The third kappa shape index (κ3) is 2.62. The Morgan fingerprint density at radius 2 is 1.62 bits per heavy atom. The van der Waals surface area contributed by atoms with E-state index in [9.17, 15) is 0 Å². The summed E-state index contributed by atoms with van der Waals surface area (Å²) in [6, 6.07) is 0. The standard InChI is InChI=1S/C8H14/c1-5-6-8(4)7(2)3/h5-6H,1-4H3/b6-5-. The molecule has 0 spiro atoms. The Morgan fingerprint density at radius 3 is 1.75 bits per heavy atom. The maximum absolute atomic E-state index is 2.12. The van der Waals surface area contributed by atoms with Crippen molar-refractivity contribution in [2.45, 2.75) is 27.7 Å². The summed E-state index contributed by atoms with van der Waals surface area (Å²) in [5.74, 6) is 0. The van der Waals surface area contributed by atoms with Crippen molar-refractivity contribution in [2.75, 3.05) is 0 Å². The van der Waals surface area contributed by atoms with Crippen molar-refractivity contribution >= 4 is 0 Å². The summed E-state index contributed by atoms with van der Waals surface area (Å²) in [7, 11) is 0. The zero-order chi connectivity index (χ0) is 6.57. The van der Waals surface area contributed by atoms with Crippen molar-refractivity contribution in [1.82, 2.24) is 0 Å². The zero-order valence-electron chi connectivity index (χ0n) is 6.15. The van der Waals surface area contributed by atoms with Gasteiger partial charge < -0.3 is 0 Å². The van der Waals surface area contributed by atoms with Crippen LogP contribution in [-0.4, -0.2) is 0 Å². The third-order valence-corrected chi connectivity index (χ3v) is 1.21. The number of hydrogen-bond donors (Lipinski definition) is 0. The van der Waals surface area contributed by atoms with Crippen LogP contribution in [0.15, 0.2) is 23.3 Å². The molecule has 0 aliphatic rings. The molecule has 0 atom stereocenters. The molecule has 0 saturated carbocycles. The van der Waals surface area contributed by atoms with Gasteiger partial charge in [0.15, 0.2) is 0 Å². The first-order valence-corrected chi connectivity index (χ1v) is 2.95. The summed E-state index contributed by atoms with van der Waals surface area (Å²) in [4.78, 5) is 0. The molecule has 0 N–H and O–H groups in total. The molecule has 0 nitrogen and oxygen atoms in total. The monoisotopic (exact) mass is 110 g/mol. The lowest BCUT2D eigenvalue weighted by atomic mass is 10.2. The van der Waals surface area contributed by atoms with E-state index in [2.05, 4.69) is 32.9 Å². The molecular weight excluding hydrogens is 96.1 g/mol. The average Bonchev–Trinajstić information content (AvgIpc) is 1.67. The van der Waals surface area contributed by atoms with Gasteiger partial charge in [-0.1, -0.05) is 23.3 Å². The van der Waals surface area contributed by atoms with E-state index in [1.807, 2.05) is 6.92 Å². The number of rotatable bonds is 1. The van der Waals surface area contributed by atoms with Crippen molar-refractivity contribution in [3.05, 3.63) is 23.3 Å². The first-order chi connectivity index (χ1) is 3.68. The minimum absolute atomic E-state index is 1.37. The smallest absolute Gasteiger partial charge is 0.0399 e. The Kier molecular flexibility index (Phi) is 3.25. The molecule has 0 saturated heterocycles. The minimum Gasteiger partial charge on any atom is -0.0874 e. The molecule has 0 radical (unpaired) electrons. The van der Waals surface area contributed by atoms with E-state index >= 15 is 0 Å². The lowest BCUT2D eigenvalue weighted by molar-refractivity contribution is 1.29. The van der Waals surface area contributed by atoms with Crippen LogP contribution < -0.4 is 0 Å². The predicted molar refractivity (Wildman–Crippen MR) is 38.9 cm³/mol. The van der Waals surface area contributed by atoms with Gasteiger partial charge in [0.1, 0.15) is 0 Å². The van der Waals surface area contributed by atoms with Crippen molar-refractivity contribution in [3.63, 3.8) is 0 Å². The highest BCUT2D eigenvalue weighted by Gasteiger charge is 1.80. The van der Waals surface area contributed by atoms with Crippen molar-refractivity contribution < 1.29 is 0 Å². The van der Waals surface area contributed by atoms with Gasteiger partial charge in [0.05, 0.1) is 0 Å². The summed E-state index contributed by atoms with van der Waals surface area (Å²) >= 11 is 0. The van der Waals surface area contributed by atoms with Gasteiger partial charge in [-0.3, -0.25) is 0 Å². The van der Waals surface area contributed by atoms with Gasteiger partial charge in [-0.05, 0) is 27.7 Å². The quantitative estimate of drug-likeness (QED) is 0.455. The van der Waals surface area contributed by atoms with E-state index in [4.69, 9.17) is 0 Å². The van der Waals surface area contributed by atoms with Crippen LogP contribution >= 0.6 is 0 Å². The lowest BCUT2D eigenvalue weighted by Crippen LogP contribution is -1.70. The van der Waals surface area contributed by atoms with E-state index in [0.717, 1.165) is 0 Å². The lowest BCUT2D eigenvalue weighted by Gasteiger charge is -1.91. The molecular formula is C8H14. The van der Waals surface area contributed by atoms with Crippen LogP contribution in [0.5, 0.6) is 0 Å². The number of hydrogen-bond acceptors (Lipinski definition) is 0. The largest absolute Gasteiger partial charge is 0.0874 e. The fourth-order valence-electron chi connectivity index (χ4n) is 0.417. The van der Waals surface area contributed by atoms with Crippen LogP contribution in [0.2, 0.25) is 0 Å². The molecule has 0 heterocycles. The molecule has 0 aliphatic heterocycles. The van der Waals surface area contributed by atoms with Gasteiger partial charge in [-0.15, -0.1) is 0 Å². The Hall–Kier alpha value is -0.520. The van der Waals surface area contributed by atoms with Crippen molar-refractivity contribution in [3.8, 4) is 0 Å². The highest BCUT2D eigenvalue weighted by Crippen LogP contribution is 2.01. The zero-order valence-corrected chi connectivity index (χ0v) is 6.15. The SMILES string of the molecule is C/C=C\C(C)=C(C)C. The van der Waals surface area contributed by atoms with Gasteiger partial charge in [-0.25, -0.2) is 0 Å². The summed E-state index contributed by atoms with van der Waals surface area (Å²) in [6.07, 6.45) is 4.18. The van der Waals surface area contributed by atoms with Crippen LogP contribution in [0.1, 0.15) is 27.7 Å². The Balaban J connectivity index is 4.00. The molecule has 46 valence electrons. The molecule has 0 fully saturated rings. The van der Waals surface area contributed by atoms with Crippen LogP contribution in [0.25, 0.3) is 0 Å². The first-order valence-electron chi connectivity index (χ1n) is 2.95. The van der Waals surface area contributed by atoms with Crippen LogP contribution in [0.3, 0.4) is 0 Å². The summed E-state index contributed by atoms with van der Waals surface area (Å²) in [5, 5.41) is 0. The highest BCUT2D eigenvalue weighted by atomic mass is 13.9. The van der Waals surface area contributed by atoms with Gasteiger partial charge >= 0.3 is 0 Å². The minimum atomic E-state index is 1.37. The molecule has 0 rings (SSSR count). The van der Waals surface area contributed by atoms with Gasteiger partial charge in [0.25, 0.3) is 0 Å². The summed E-state index contributed by atoms with van der Waals surface area (Å²) < 4.78 is 0. The van der Waals surface area contributed by atoms with Crippen LogP contribution in [-0.2, 0) is 0 Å². The first kappa shape index (κ1) is 7.48. The van der Waals surface area contributed by atoms with E-state index in [1.165, 1.54) is 11.1 Å². The fourth-order valence-corrected chi connectivity index (χ4v) is 0.417. The Labute approximate surface area is 51.9 Å². The fraction of sp³-hybridized carbons (Fsp3) is 0.500. The second-order valence-electron chi connectivity index (χ2n) is 2.18. The molecule has 0 aromatic carbocycles.